The molecule has 3 N–H and O–H groups in total. The third-order valence-corrected chi connectivity index (χ3v) is 2.76. The Bertz CT molecular complexity index is 363. The first-order valence-electron chi connectivity index (χ1n) is 4.97. The van der Waals surface area contributed by atoms with E-state index in [1.165, 1.54) is 0 Å². The average Bonchev–Trinajstić information content (AvgIpc) is 2.97. The summed E-state index contributed by atoms with van der Waals surface area (Å²) in [6.45, 7) is 0.463. The summed E-state index contributed by atoms with van der Waals surface area (Å²) in [4.78, 5) is 11.6. The van der Waals surface area contributed by atoms with Crippen LogP contribution >= 0.6 is 24.0 Å². The van der Waals surface area contributed by atoms with Crippen molar-refractivity contribution in [3.05, 3.63) is 23.1 Å². The molecule has 1 fully saturated rings. The molecule has 0 saturated heterocycles. The van der Waals surface area contributed by atoms with Crippen molar-refractivity contribution in [1.29, 1.82) is 0 Å². The minimum Gasteiger partial charge on any atom is -0.440 e. The average molecular weight is 265 g/mol. The van der Waals surface area contributed by atoms with Crippen LogP contribution in [0.15, 0.2) is 16.5 Å². The smallest absolute Gasteiger partial charge is 0.287 e. The first-order valence-corrected chi connectivity index (χ1v) is 5.35. The molecular formula is C10H14Cl2N2O2. The fraction of sp³-hybridized carbons (Fsp3) is 0.500. The molecule has 0 aromatic carbocycles. The van der Waals surface area contributed by atoms with Crippen LogP contribution in [0.2, 0.25) is 5.22 Å². The number of rotatable bonds is 4. The molecule has 1 aromatic rings. The van der Waals surface area contributed by atoms with Gasteiger partial charge < -0.3 is 15.5 Å². The summed E-state index contributed by atoms with van der Waals surface area (Å²) in [5, 5.41) is 3.06. The minimum atomic E-state index is -0.246. The van der Waals surface area contributed by atoms with Crippen LogP contribution in [0.5, 0.6) is 0 Å². The van der Waals surface area contributed by atoms with E-state index in [1.807, 2.05) is 0 Å². The predicted octanol–water partition coefficient (Wildman–Crippen LogP) is 1.82. The highest BCUT2D eigenvalue weighted by Gasteiger charge is 2.31. The summed E-state index contributed by atoms with van der Waals surface area (Å²) >= 11 is 5.58. The van der Waals surface area contributed by atoms with Gasteiger partial charge in [0.1, 0.15) is 0 Å². The van der Waals surface area contributed by atoms with E-state index in [1.54, 1.807) is 12.1 Å². The molecular weight excluding hydrogens is 251 g/mol. The molecule has 0 aliphatic heterocycles. The second-order valence-corrected chi connectivity index (χ2v) is 4.13. The third-order valence-electron chi connectivity index (χ3n) is 2.56. The van der Waals surface area contributed by atoms with E-state index in [0.29, 0.717) is 12.5 Å². The molecule has 90 valence electrons. The van der Waals surface area contributed by atoms with Crippen LogP contribution in [0.25, 0.3) is 0 Å². The van der Waals surface area contributed by atoms with Crippen LogP contribution < -0.4 is 11.1 Å². The van der Waals surface area contributed by atoms with Crippen LogP contribution in [-0.2, 0) is 0 Å². The van der Waals surface area contributed by atoms with Crippen LogP contribution in [0.4, 0.5) is 0 Å². The zero-order valence-electron chi connectivity index (χ0n) is 8.61. The number of halogens is 2. The summed E-state index contributed by atoms with van der Waals surface area (Å²) in [5.41, 5.74) is 5.57. The summed E-state index contributed by atoms with van der Waals surface area (Å²) < 4.78 is 5.00. The Kier molecular flexibility index (Phi) is 4.65. The molecule has 16 heavy (non-hydrogen) atoms. The number of carbonyl (C=O) groups excluding carboxylic acids is 1. The molecule has 1 aromatic heterocycles. The number of amides is 1. The first-order chi connectivity index (χ1) is 7.20. The normalized spacial score (nSPS) is 16.4. The standard InChI is InChI=1S/C10H13ClN2O2.ClH/c11-9-4-3-8(15-9)10(14)13-7(5-12)6-1-2-6;/h3-4,6-7H,1-2,5,12H2,(H,13,14);1H. The van der Waals surface area contributed by atoms with Gasteiger partial charge in [0.15, 0.2) is 11.0 Å². The van der Waals surface area contributed by atoms with Crippen molar-refractivity contribution >= 4 is 29.9 Å². The van der Waals surface area contributed by atoms with Crippen LogP contribution in [0.1, 0.15) is 23.4 Å². The number of furan rings is 1. The first kappa shape index (κ1) is 13.4. The SMILES string of the molecule is Cl.NCC(NC(=O)c1ccc(Cl)o1)C1CC1. The van der Waals surface area contributed by atoms with Crippen molar-refractivity contribution in [2.75, 3.05) is 6.54 Å². The second kappa shape index (κ2) is 5.57. The van der Waals surface area contributed by atoms with Crippen molar-refractivity contribution in [2.24, 2.45) is 11.7 Å². The molecule has 0 radical (unpaired) electrons. The van der Waals surface area contributed by atoms with Crippen molar-refractivity contribution in [3.8, 4) is 0 Å². The monoisotopic (exact) mass is 264 g/mol. The second-order valence-electron chi connectivity index (χ2n) is 3.76. The highest BCUT2D eigenvalue weighted by atomic mass is 35.5. The van der Waals surface area contributed by atoms with E-state index in [4.69, 9.17) is 21.8 Å². The Labute approximate surface area is 105 Å². The van der Waals surface area contributed by atoms with Gasteiger partial charge in [-0.05, 0) is 42.5 Å². The molecule has 6 heteroatoms. The highest BCUT2D eigenvalue weighted by molar-refractivity contribution is 6.29. The van der Waals surface area contributed by atoms with Gasteiger partial charge in [-0.2, -0.15) is 0 Å². The maximum Gasteiger partial charge on any atom is 0.287 e. The Balaban J connectivity index is 0.00000128. The Morgan fingerprint density at radius 2 is 2.31 bits per heavy atom. The van der Waals surface area contributed by atoms with E-state index in [0.717, 1.165) is 12.8 Å². The molecule has 1 unspecified atom stereocenters. The molecule has 2 rings (SSSR count). The van der Waals surface area contributed by atoms with Gasteiger partial charge in [-0.1, -0.05) is 0 Å². The predicted molar refractivity (Wildman–Crippen MR) is 64.0 cm³/mol. The van der Waals surface area contributed by atoms with Crippen molar-refractivity contribution in [2.45, 2.75) is 18.9 Å². The number of nitrogens with two attached hydrogens (primary N) is 1. The van der Waals surface area contributed by atoms with Gasteiger partial charge in [-0.3, -0.25) is 4.79 Å². The highest BCUT2D eigenvalue weighted by Crippen LogP contribution is 2.32. The molecule has 1 amide bonds. The fourth-order valence-corrected chi connectivity index (χ4v) is 1.69. The number of hydrogen-bond acceptors (Lipinski definition) is 3. The Morgan fingerprint density at radius 1 is 1.62 bits per heavy atom. The van der Waals surface area contributed by atoms with Gasteiger partial charge in [0.05, 0.1) is 0 Å². The lowest BCUT2D eigenvalue weighted by Crippen LogP contribution is -2.41. The lowest BCUT2D eigenvalue weighted by Gasteiger charge is -2.14. The van der Waals surface area contributed by atoms with Crippen LogP contribution in [0, 0.1) is 5.92 Å². The number of hydrogen-bond donors (Lipinski definition) is 2. The van der Waals surface area contributed by atoms with E-state index in [2.05, 4.69) is 5.32 Å². The van der Waals surface area contributed by atoms with Crippen LogP contribution in [0.3, 0.4) is 0 Å². The lowest BCUT2D eigenvalue weighted by atomic mass is 10.2. The van der Waals surface area contributed by atoms with E-state index in [9.17, 15) is 4.79 Å². The quantitative estimate of drug-likeness (QED) is 0.872. The van der Waals surface area contributed by atoms with Gasteiger partial charge in [0.25, 0.3) is 5.91 Å². The maximum absolute atomic E-state index is 11.6. The Morgan fingerprint density at radius 3 is 2.75 bits per heavy atom. The molecule has 1 heterocycles. The van der Waals surface area contributed by atoms with Crippen molar-refractivity contribution in [1.82, 2.24) is 5.32 Å². The van der Waals surface area contributed by atoms with Crippen LogP contribution in [-0.4, -0.2) is 18.5 Å². The summed E-state index contributed by atoms with van der Waals surface area (Å²) in [6, 6.07) is 3.16. The van der Waals surface area contributed by atoms with E-state index >= 15 is 0 Å². The van der Waals surface area contributed by atoms with Crippen molar-refractivity contribution < 1.29 is 9.21 Å². The zero-order valence-corrected chi connectivity index (χ0v) is 10.2. The largest absolute Gasteiger partial charge is 0.440 e. The maximum atomic E-state index is 11.6. The molecule has 0 bridgehead atoms. The molecule has 1 atom stereocenters. The lowest BCUT2D eigenvalue weighted by molar-refractivity contribution is 0.0905. The summed E-state index contributed by atoms with van der Waals surface area (Å²) in [5.74, 6) is 0.521. The van der Waals surface area contributed by atoms with Gasteiger partial charge >= 0.3 is 0 Å². The zero-order chi connectivity index (χ0) is 10.8. The molecule has 4 nitrogen and oxygen atoms in total. The minimum absolute atomic E-state index is 0. The summed E-state index contributed by atoms with van der Waals surface area (Å²) in [7, 11) is 0. The van der Waals surface area contributed by atoms with Crippen molar-refractivity contribution in [3.63, 3.8) is 0 Å². The Hall–Kier alpha value is -0.710. The van der Waals surface area contributed by atoms with Gasteiger partial charge in [0.2, 0.25) is 0 Å². The number of nitrogens with one attached hydrogen (secondary N) is 1. The number of carbonyl (C=O) groups is 1. The molecule has 1 aliphatic rings. The third kappa shape index (κ3) is 3.14. The van der Waals surface area contributed by atoms with Gasteiger partial charge in [-0.25, -0.2) is 0 Å². The topological polar surface area (TPSA) is 68.3 Å². The van der Waals surface area contributed by atoms with Gasteiger partial charge in [0, 0.05) is 12.6 Å². The molecule has 1 saturated carbocycles. The molecule has 0 spiro atoms. The van der Waals surface area contributed by atoms with Gasteiger partial charge in [-0.15, -0.1) is 12.4 Å². The van der Waals surface area contributed by atoms with E-state index in [-0.39, 0.29) is 35.3 Å². The summed E-state index contributed by atoms with van der Waals surface area (Å²) in [6.07, 6.45) is 2.28. The van der Waals surface area contributed by atoms with E-state index < -0.39 is 0 Å². The molecule has 1 aliphatic carbocycles. The fourth-order valence-electron chi connectivity index (χ4n) is 1.54.